The Bertz CT molecular complexity index is 543. The number of halogens is 2. The zero-order valence-electron chi connectivity index (χ0n) is 11.3. The first-order valence-corrected chi connectivity index (χ1v) is 9.01. The number of hydrogen-bond acceptors (Lipinski definition) is 3. The number of nitrogens with one attached hydrogen (secondary N) is 1. The van der Waals surface area contributed by atoms with E-state index in [0.29, 0.717) is 6.61 Å². The van der Waals surface area contributed by atoms with Crippen molar-refractivity contribution in [3.05, 3.63) is 49.0 Å². The molecule has 0 bridgehead atoms. The second kappa shape index (κ2) is 8.17. The Morgan fingerprint density at radius 3 is 2.85 bits per heavy atom. The second-order valence-corrected chi connectivity index (χ2v) is 7.12. The van der Waals surface area contributed by atoms with Crippen LogP contribution in [0.25, 0.3) is 0 Å². The van der Waals surface area contributed by atoms with Gasteiger partial charge in [0.2, 0.25) is 0 Å². The lowest BCUT2D eigenvalue weighted by molar-refractivity contribution is 0.333. The summed E-state index contributed by atoms with van der Waals surface area (Å²) in [6.45, 7) is 4.44. The minimum Gasteiger partial charge on any atom is -0.492 e. The zero-order valence-corrected chi connectivity index (χ0v) is 15.3. The molecule has 0 saturated heterocycles. The zero-order chi connectivity index (χ0) is 14.4. The van der Waals surface area contributed by atoms with Crippen molar-refractivity contribution in [1.29, 1.82) is 0 Å². The minimum absolute atomic E-state index is 0.669. The van der Waals surface area contributed by atoms with Crippen molar-refractivity contribution in [1.82, 2.24) is 5.32 Å². The Kier molecular flexibility index (Phi) is 6.55. The number of thiophene rings is 1. The fourth-order valence-corrected chi connectivity index (χ4v) is 4.08. The van der Waals surface area contributed by atoms with E-state index < -0.39 is 0 Å². The van der Waals surface area contributed by atoms with Gasteiger partial charge in [0.1, 0.15) is 5.75 Å². The first kappa shape index (κ1) is 16.0. The van der Waals surface area contributed by atoms with E-state index in [1.165, 1.54) is 10.4 Å². The van der Waals surface area contributed by atoms with Gasteiger partial charge in [-0.3, -0.25) is 0 Å². The summed E-state index contributed by atoms with van der Waals surface area (Å²) in [5.74, 6) is 0.930. The summed E-state index contributed by atoms with van der Waals surface area (Å²) < 4.78 is 7.77. The molecule has 2 rings (SSSR count). The summed E-state index contributed by atoms with van der Waals surface area (Å²) in [5.41, 5.74) is 1.17. The quantitative estimate of drug-likeness (QED) is 0.638. The van der Waals surface area contributed by atoms with E-state index in [2.05, 4.69) is 60.8 Å². The maximum absolute atomic E-state index is 5.72. The van der Waals surface area contributed by atoms with Gasteiger partial charge in [-0.15, -0.1) is 11.3 Å². The van der Waals surface area contributed by atoms with Gasteiger partial charge in [-0.2, -0.15) is 0 Å². The number of hydrogen-bond donors (Lipinski definition) is 1. The van der Waals surface area contributed by atoms with E-state index in [9.17, 15) is 0 Å². The van der Waals surface area contributed by atoms with Crippen molar-refractivity contribution in [2.45, 2.75) is 19.9 Å². The summed E-state index contributed by atoms with van der Waals surface area (Å²) >= 11 is 8.89. The fraction of sp³-hybridized carbons (Fsp3) is 0.333. The van der Waals surface area contributed by atoms with Gasteiger partial charge in [-0.05, 0) is 52.9 Å². The molecule has 5 heteroatoms. The van der Waals surface area contributed by atoms with Crippen LogP contribution in [0.1, 0.15) is 17.4 Å². The maximum Gasteiger partial charge on any atom is 0.138 e. The molecule has 0 fully saturated rings. The molecule has 0 spiro atoms. The molecule has 0 aliphatic heterocycles. The molecular weight excluding hydrogens is 402 g/mol. The average Bonchev–Trinajstić information content (AvgIpc) is 2.91. The van der Waals surface area contributed by atoms with Crippen molar-refractivity contribution < 1.29 is 4.74 Å². The lowest BCUT2D eigenvalue weighted by atomic mass is 10.2. The number of benzene rings is 1. The molecule has 0 aliphatic carbocycles. The minimum atomic E-state index is 0.669. The molecule has 0 aliphatic rings. The monoisotopic (exact) mass is 417 g/mol. The molecular formula is C15H17Br2NOS. The van der Waals surface area contributed by atoms with Gasteiger partial charge in [0.05, 0.1) is 11.1 Å². The van der Waals surface area contributed by atoms with Crippen LogP contribution in [-0.2, 0) is 13.0 Å². The van der Waals surface area contributed by atoms with Gasteiger partial charge in [-0.1, -0.05) is 22.0 Å². The van der Waals surface area contributed by atoms with E-state index in [-0.39, 0.29) is 0 Å². The summed E-state index contributed by atoms with van der Waals surface area (Å²) in [5, 5.41) is 5.60. The van der Waals surface area contributed by atoms with Crippen LogP contribution in [0.5, 0.6) is 5.75 Å². The smallest absolute Gasteiger partial charge is 0.138 e. The Labute approximate surface area is 140 Å². The molecule has 0 amide bonds. The van der Waals surface area contributed by atoms with Gasteiger partial charge in [0, 0.05) is 28.0 Å². The highest BCUT2D eigenvalue weighted by atomic mass is 79.9. The summed E-state index contributed by atoms with van der Waals surface area (Å²) in [4.78, 5) is 1.41. The van der Waals surface area contributed by atoms with E-state index in [1.54, 1.807) is 11.3 Å². The third kappa shape index (κ3) is 4.58. The Hall–Kier alpha value is -0.360. The van der Waals surface area contributed by atoms with Gasteiger partial charge in [-0.25, -0.2) is 0 Å². The van der Waals surface area contributed by atoms with E-state index in [1.807, 2.05) is 13.0 Å². The topological polar surface area (TPSA) is 21.3 Å². The lowest BCUT2D eigenvalue weighted by Crippen LogP contribution is -2.17. The first-order chi connectivity index (χ1) is 9.70. The van der Waals surface area contributed by atoms with Crippen LogP contribution in [-0.4, -0.2) is 13.2 Å². The van der Waals surface area contributed by atoms with E-state index in [0.717, 1.165) is 34.2 Å². The molecule has 1 aromatic carbocycles. The van der Waals surface area contributed by atoms with Crippen LogP contribution in [0.3, 0.4) is 0 Å². The molecule has 0 unspecified atom stereocenters. The Morgan fingerprint density at radius 2 is 2.15 bits per heavy atom. The van der Waals surface area contributed by atoms with Gasteiger partial charge in [0.25, 0.3) is 0 Å². The van der Waals surface area contributed by atoms with Crippen LogP contribution >= 0.6 is 43.2 Å². The third-order valence-electron chi connectivity index (χ3n) is 2.82. The van der Waals surface area contributed by atoms with Crippen LogP contribution in [0.15, 0.2) is 38.6 Å². The molecule has 2 aromatic rings. The number of rotatable bonds is 7. The highest BCUT2D eigenvalue weighted by Crippen LogP contribution is 2.32. The molecule has 2 nitrogen and oxygen atoms in total. The molecule has 1 aromatic heterocycles. The third-order valence-corrected chi connectivity index (χ3v) is 4.80. The fourth-order valence-electron chi connectivity index (χ4n) is 1.94. The van der Waals surface area contributed by atoms with Gasteiger partial charge in [0.15, 0.2) is 0 Å². The molecule has 1 heterocycles. The van der Waals surface area contributed by atoms with Crippen LogP contribution in [0.2, 0.25) is 0 Å². The summed E-state index contributed by atoms with van der Waals surface area (Å²) in [6, 6.07) is 8.39. The van der Waals surface area contributed by atoms with Gasteiger partial charge < -0.3 is 10.1 Å². The van der Waals surface area contributed by atoms with Crippen LogP contribution < -0.4 is 10.1 Å². The van der Waals surface area contributed by atoms with Crippen molar-refractivity contribution in [3.8, 4) is 5.75 Å². The lowest BCUT2D eigenvalue weighted by Gasteiger charge is -2.13. The standard InChI is InChI=1S/C15H17Br2NOS/c1-2-19-15-11(8-12(16)9-14(15)17)10-18-6-5-13-4-3-7-20-13/h3-4,7-9,18H,2,5-6,10H2,1H3. The molecule has 0 saturated carbocycles. The van der Waals surface area contributed by atoms with Crippen molar-refractivity contribution >= 4 is 43.2 Å². The second-order valence-electron chi connectivity index (χ2n) is 4.32. The average molecular weight is 419 g/mol. The van der Waals surface area contributed by atoms with Gasteiger partial charge >= 0.3 is 0 Å². The molecule has 1 N–H and O–H groups in total. The van der Waals surface area contributed by atoms with E-state index >= 15 is 0 Å². The van der Waals surface area contributed by atoms with Crippen LogP contribution in [0, 0.1) is 0 Å². The summed E-state index contributed by atoms with van der Waals surface area (Å²) in [7, 11) is 0. The Balaban J connectivity index is 1.94. The van der Waals surface area contributed by atoms with Crippen molar-refractivity contribution in [3.63, 3.8) is 0 Å². The van der Waals surface area contributed by atoms with Crippen molar-refractivity contribution in [2.24, 2.45) is 0 Å². The molecule has 0 atom stereocenters. The van der Waals surface area contributed by atoms with E-state index in [4.69, 9.17) is 4.74 Å². The normalized spacial score (nSPS) is 10.8. The van der Waals surface area contributed by atoms with Crippen molar-refractivity contribution in [2.75, 3.05) is 13.2 Å². The number of ether oxygens (including phenoxy) is 1. The largest absolute Gasteiger partial charge is 0.492 e. The van der Waals surface area contributed by atoms with Crippen LogP contribution in [0.4, 0.5) is 0 Å². The maximum atomic E-state index is 5.72. The molecule has 20 heavy (non-hydrogen) atoms. The molecule has 108 valence electrons. The highest BCUT2D eigenvalue weighted by molar-refractivity contribution is 9.11. The SMILES string of the molecule is CCOc1c(Br)cc(Br)cc1CNCCc1cccs1. The summed E-state index contributed by atoms with van der Waals surface area (Å²) in [6.07, 6.45) is 1.07. The Morgan fingerprint density at radius 1 is 1.30 bits per heavy atom. The highest BCUT2D eigenvalue weighted by Gasteiger charge is 2.09. The first-order valence-electron chi connectivity index (χ1n) is 6.54. The molecule has 0 radical (unpaired) electrons. The predicted octanol–water partition coefficient (Wildman–Crippen LogP) is 5.00. The predicted molar refractivity (Wildman–Crippen MR) is 92.7 cm³/mol.